The Labute approximate surface area is 173 Å². The highest BCUT2D eigenvalue weighted by molar-refractivity contribution is 7.10. The van der Waals surface area contributed by atoms with Crippen LogP contribution in [0.25, 0.3) is 0 Å². The van der Waals surface area contributed by atoms with E-state index in [1.807, 2.05) is 89.2 Å². The van der Waals surface area contributed by atoms with Crippen molar-refractivity contribution in [1.29, 1.82) is 10.5 Å². The molecule has 2 unspecified atom stereocenters. The zero-order valence-electron chi connectivity index (χ0n) is 15.5. The predicted molar refractivity (Wildman–Crippen MR) is 108 cm³/mol. The van der Waals surface area contributed by atoms with Crippen LogP contribution in [0.4, 0.5) is 0 Å². The number of nitrogens with zero attached hydrogens (tertiary/aromatic N) is 3. The maximum atomic E-state index is 12.0. The smallest absolute Gasteiger partial charge is 0.217 e. The number of aliphatic hydroxyl groups is 1. The molecular formula is C22H20N5OS+. The van der Waals surface area contributed by atoms with Crippen LogP contribution in [0.5, 0.6) is 0 Å². The Hall–Kier alpha value is -3.23. The van der Waals surface area contributed by atoms with E-state index in [4.69, 9.17) is 0 Å². The van der Waals surface area contributed by atoms with Crippen LogP contribution in [0.1, 0.15) is 22.4 Å². The molecule has 3 heterocycles. The maximum absolute atomic E-state index is 12.0. The van der Waals surface area contributed by atoms with Gasteiger partial charge >= 0.3 is 0 Å². The van der Waals surface area contributed by atoms with Gasteiger partial charge in [0.2, 0.25) is 11.8 Å². The third kappa shape index (κ3) is 3.37. The second-order valence-corrected chi connectivity index (χ2v) is 7.93. The van der Waals surface area contributed by atoms with Gasteiger partial charge in [0.05, 0.1) is 22.8 Å². The average molecular weight is 403 g/mol. The van der Waals surface area contributed by atoms with Crippen LogP contribution in [0.2, 0.25) is 0 Å². The van der Waals surface area contributed by atoms with Crippen molar-refractivity contribution in [2.75, 3.05) is 0 Å². The molecule has 3 aromatic rings. The van der Waals surface area contributed by atoms with Crippen molar-refractivity contribution in [3.8, 4) is 12.3 Å². The summed E-state index contributed by atoms with van der Waals surface area (Å²) in [6.07, 6.45) is 5.02. The molecule has 2 aromatic heterocycles. The van der Waals surface area contributed by atoms with Crippen molar-refractivity contribution in [2.24, 2.45) is 5.92 Å². The molecule has 0 saturated carbocycles. The van der Waals surface area contributed by atoms with Gasteiger partial charge in [0, 0.05) is 12.1 Å². The minimum Gasteiger partial charge on any atom is -0.365 e. The van der Waals surface area contributed by atoms with E-state index in [2.05, 4.69) is 16.7 Å². The molecule has 4 rings (SSSR count). The van der Waals surface area contributed by atoms with Gasteiger partial charge in [0.15, 0.2) is 18.6 Å². The number of pyridine rings is 1. The van der Waals surface area contributed by atoms with Crippen molar-refractivity contribution in [2.45, 2.75) is 23.9 Å². The fourth-order valence-corrected chi connectivity index (χ4v) is 5.02. The molecule has 1 aromatic carbocycles. The van der Waals surface area contributed by atoms with Crippen LogP contribution in [0.3, 0.4) is 0 Å². The van der Waals surface area contributed by atoms with Crippen LogP contribution in [0.15, 0.2) is 78.4 Å². The molecule has 29 heavy (non-hydrogen) atoms. The molecule has 3 N–H and O–H groups in total. The quantitative estimate of drug-likeness (QED) is 0.354. The monoisotopic (exact) mass is 402 g/mol. The molecule has 1 aliphatic rings. The Morgan fingerprint density at radius 1 is 1.03 bits per heavy atom. The highest BCUT2D eigenvalue weighted by atomic mass is 32.1. The van der Waals surface area contributed by atoms with Crippen molar-refractivity contribution >= 4 is 11.3 Å². The van der Waals surface area contributed by atoms with Crippen molar-refractivity contribution < 1.29 is 9.67 Å². The van der Waals surface area contributed by atoms with Crippen molar-refractivity contribution in [1.82, 2.24) is 10.6 Å². The van der Waals surface area contributed by atoms with E-state index in [0.717, 1.165) is 10.4 Å². The van der Waals surface area contributed by atoms with E-state index >= 15 is 0 Å². The Balaban J connectivity index is 1.96. The molecule has 7 heteroatoms. The number of rotatable bonds is 4. The first-order valence-corrected chi connectivity index (χ1v) is 10.2. The lowest BCUT2D eigenvalue weighted by molar-refractivity contribution is -0.747. The second-order valence-electron chi connectivity index (χ2n) is 6.98. The molecule has 1 aliphatic heterocycles. The van der Waals surface area contributed by atoms with Crippen molar-refractivity contribution in [3.05, 3.63) is 88.9 Å². The number of benzene rings is 1. The highest BCUT2D eigenvalue weighted by Gasteiger charge is 2.59. The lowest BCUT2D eigenvalue weighted by atomic mass is 9.71. The van der Waals surface area contributed by atoms with E-state index in [9.17, 15) is 15.6 Å². The topological polar surface area (TPSA) is 95.8 Å². The number of aromatic nitrogens is 1. The van der Waals surface area contributed by atoms with Crippen LogP contribution in [-0.2, 0) is 5.72 Å². The van der Waals surface area contributed by atoms with Gasteiger partial charge in [-0.1, -0.05) is 42.5 Å². The molecule has 1 saturated heterocycles. The van der Waals surface area contributed by atoms with Gasteiger partial charge in [-0.15, -0.1) is 11.3 Å². The third-order valence-corrected chi connectivity index (χ3v) is 6.39. The summed E-state index contributed by atoms with van der Waals surface area (Å²) in [4.78, 5) is 0.723. The molecule has 6 nitrogen and oxygen atoms in total. The Morgan fingerprint density at radius 3 is 2.38 bits per heavy atom. The van der Waals surface area contributed by atoms with Crippen LogP contribution in [-0.4, -0.2) is 11.3 Å². The summed E-state index contributed by atoms with van der Waals surface area (Å²) >= 11 is 1.43. The minimum atomic E-state index is -1.48. The molecule has 0 bridgehead atoms. The third-order valence-electron chi connectivity index (χ3n) is 5.40. The summed E-state index contributed by atoms with van der Waals surface area (Å²) in [7, 11) is 0. The molecule has 5 atom stereocenters. The van der Waals surface area contributed by atoms with Gasteiger partial charge in [0.1, 0.15) is 6.17 Å². The second kappa shape index (κ2) is 8.02. The predicted octanol–water partition coefficient (Wildman–Crippen LogP) is 2.35. The number of nitrogens with one attached hydrogen (secondary N) is 2. The summed E-state index contributed by atoms with van der Waals surface area (Å²) in [5.74, 6) is -0.956. The molecular weight excluding hydrogens is 382 g/mol. The number of nitriles is 2. The van der Waals surface area contributed by atoms with Crippen LogP contribution < -0.4 is 15.2 Å². The summed E-state index contributed by atoms with van der Waals surface area (Å²) < 4.78 is 1.94. The highest BCUT2D eigenvalue weighted by Crippen LogP contribution is 2.47. The van der Waals surface area contributed by atoms with Gasteiger partial charge in [-0.05, 0) is 17.0 Å². The van der Waals surface area contributed by atoms with Gasteiger partial charge < -0.3 is 10.4 Å². The first kappa shape index (κ1) is 19.1. The van der Waals surface area contributed by atoms with E-state index in [-0.39, 0.29) is 5.92 Å². The molecule has 0 aliphatic carbocycles. The number of hydrogen-bond acceptors (Lipinski definition) is 6. The zero-order valence-corrected chi connectivity index (χ0v) is 16.3. The summed E-state index contributed by atoms with van der Waals surface area (Å²) in [6.45, 7) is 0. The van der Waals surface area contributed by atoms with E-state index in [1.165, 1.54) is 11.3 Å². The van der Waals surface area contributed by atoms with Gasteiger partial charge in [-0.3, -0.25) is 5.32 Å². The molecule has 0 spiro atoms. The number of hydrogen-bond donors (Lipinski definition) is 3. The summed E-state index contributed by atoms with van der Waals surface area (Å²) in [5.41, 5.74) is -0.552. The molecule has 144 valence electrons. The van der Waals surface area contributed by atoms with Crippen molar-refractivity contribution in [3.63, 3.8) is 0 Å². The first-order valence-electron chi connectivity index (χ1n) is 9.28. The average Bonchev–Trinajstić information content (AvgIpc) is 3.31. The normalized spacial score (nSPS) is 28.8. The lowest BCUT2D eigenvalue weighted by Gasteiger charge is -2.46. The van der Waals surface area contributed by atoms with Gasteiger partial charge in [-0.2, -0.15) is 15.1 Å². The first-order chi connectivity index (χ1) is 14.2. The largest absolute Gasteiger partial charge is 0.365 e. The Kier molecular flexibility index (Phi) is 5.28. The summed E-state index contributed by atoms with van der Waals surface area (Å²) in [6, 6.07) is 21.0. The molecule has 1 fully saturated rings. The van der Waals surface area contributed by atoms with Crippen LogP contribution in [0, 0.1) is 28.7 Å². The molecule has 0 radical (unpaired) electrons. The van der Waals surface area contributed by atoms with E-state index < -0.39 is 23.9 Å². The van der Waals surface area contributed by atoms with Crippen LogP contribution >= 0.6 is 11.3 Å². The molecule has 0 amide bonds. The standard InChI is InChI=1S/C22H20N5OS/c23-14-17-19(16-8-3-1-4-9-16)20(27-11-5-2-6-12-27)22(28,18-10-7-13-29-18)26-21(17)25-15-24/h1-13,17,19-21,25-26,28H/q+1/t17?,19-,20+,21?,22+/m0/s1. The van der Waals surface area contributed by atoms with E-state index in [0.29, 0.717) is 0 Å². The number of piperidine rings is 1. The zero-order chi connectivity index (χ0) is 20.3. The number of thiophene rings is 1. The van der Waals surface area contributed by atoms with E-state index in [1.54, 1.807) is 0 Å². The SMILES string of the molecule is N#CNC1N[C@@](O)(c2cccs2)[C@H]([n+]2ccccc2)[C@@H](c2ccccc2)C1C#N. The lowest BCUT2D eigenvalue weighted by Crippen LogP contribution is -2.70. The minimum absolute atomic E-state index is 0.368. The Bertz CT molecular complexity index is 1030. The fraction of sp³-hybridized carbons (Fsp3) is 0.227. The maximum Gasteiger partial charge on any atom is 0.217 e. The summed E-state index contributed by atoms with van der Waals surface area (Å²) in [5, 5.41) is 39.1. The van der Waals surface area contributed by atoms with Gasteiger partial charge in [0.25, 0.3) is 0 Å². The van der Waals surface area contributed by atoms with Gasteiger partial charge in [-0.25, -0.2) is 0 Å². The fourth-order valence-electron chi connectivity index (χ4n) is 4.20. The Morgan fingerprint density at radius 2 is 1.76 bits per heavy atom.